The summed E-state index contributed by atoms with van der Waals surface area (Å²) in [5.41, 5.74) is 0.784. The first-order chi connectivity index (χ1) is 9.45. The maximum Gasteiger partial charge on any atom is 0.175 e. The molecule has 0 spiro atoms. The Morgan fingerprint density at radius 3 is 2.90 bits per heavy atom. The van der Waals surface area contributed by atoms with Gasteiger partial charge in [-0.25, -0.2) is 8.42 Å². The van der Waals surface area contributed by atoms with E-state index in [1.54, 1.807) is 12.1 Å². The topological polar surface area (TPSA) is 49.9 Å². The average molecular weight is 295 g/mol. The first kappa shape index (κ1) is 14.0. The van der Waals surface area contributed by atoms with Crippen LogP contribution < -0.4 is 0 Å². The molecule has 0 aromatic heterocycles. The molecule has 0 N–H and O–H groups in total. The summed E-state index contributed by atoms with van der Waals surface area (Å²) in [5, 5.41) is 0. The molecule has 110 valence electrons. The SMILES string of the molecule is CCCN1CC[C@@]2(c3cccc(S(C)(=O)=O)c3)OC2C1. The third-order valence-corrected chi connectivity index (χ3v) is 5.44. The molecule has 2 saturated heterocycles. The third kappa shape index (κ3) is 2.38. The molecule has 4 nitrogen and oxygen atoms in total. The summed E-state index contributed by atoms with van der Waals surface area (Å²) >= 11 is 0. The van der Waals surface area contributed by atoms with Gasteiger partial charge in [0, 0.05) is 19.3 Å². The number of hydrogen-bond acceptors (Lipinski definition) is 4. The van der Waals surface area contributed by atoms with Crippen LogP contribution in [0.25, 0.3) is 0 Å². The van der Waals surface area contributed by atoms with Crippen LogP contribution in [0.2, 0.25) is 0 Å². The standard InChI is InChI=1S/C15H21NO3S/c1-3-8-16-9-7-15(14(11-16)19-15)12-5-4-6-13(10-12)20(2,17)18/h4-6,10,14H,3,7-9,11H2,1-2H3/t14?,15-/m0/s1. The predicted molar refractivity (Wildman–Crippen MR) is 77.5 cm³/mol. The van der Waals surface area contributed by atoms with Crippen molar-refractivity contribution in [3.63, 3.8) is 0 Å². The fourth-order valence-corrected chi connectivity index (χ4v) is 3.85. The zero-order valence-electron chi connectivity index (χ0n) is 12.0. The van der Waals surface area contributed by atoms with Gasteiger partial charge in [-0.15, -0.1) is 0 Å². The molecule has 0 bridgehead atoms. The van der Waals surface area contributed by atoms with Crippen LogP contribution in [-0.4, -0.2) is 45.3 Å². The fourth-order valence-electron chi connectivity index (χ4n) is 3.18. The maximum absolute atomic E-state index is 11.7. The van der Waals surface area contributed by atoms with E-state index in [1.807, 2.05) is 12.1 Å². The van der Waals surface area contributed by atoms with Crippen molar-refractivity contribution in [3.05, 3.63) is 29.8 Å². The molecule has 2 heterocycles. The summed E-state index contributed by atoms with van der Waals surface area (Å²) in [6.45, 7) is 5.27. The minimum atomic E-state index is -3.16. The molecule has 5 heteroatoms. The van der Waals surface area contributed by atoms with Gasteiger partial charge in [-0.1, -0.05) is 19.1 Å². The predicted octanol–water partition coefficient (Wildman–Crippen LogP) is 1.80. The summed E-state index contributed by atoms with van der Waals surface area (Å²) in [6, 6.07) is 7.24. The Bertz CT molecular complexity index is 613. The van der Waals surface area contributed by atoms with Gasteiger partial charge in [0.2, 0.25) is 0 Å². The highest BCUT2D eigenvalue weighted by Gasteiger charge is 2.59. The molecule has 0 radical (unpaired) electrons. The van der Waals surface area contributed by atoms with E-state index in [0.29, 0.717) is 4.90 Å². The van der Waals surface area contributed by atoms with Crippen LogP contribution in [0.15, 0.2) is 29.2 Å². The van der Waals surface area contributed by atoms with Crippen molar-refractivity contribution in [2.45, 2.75) is 36.4 Å². The van der Waals surface area contributed by atoms with Crippen molar-refractivity contribution >= 4 is 9.84 Å². The molecule has 2 atom stereocenters. The van der Waals surface area contributed by atoms with E-state index >= 15 is 0 Å². The van der Waals surface area contributed by atoms with Crippen molar-refractivity contribution in [2.24, 2.45) is 0 Å². The van der Waals surface area contributed by atoms with Crippen molar-refractivity contribution in [2.75, 3.05) is 25.9 Å². The van der Waals surface area contributed by atoms with Gasteiger partial charge in [-0.2, -0.15) is 0 Å². The van der Waals surface area contributed by atoms with Gasteiger partial charge >= 0.3 is 0 Å². The average Bonchev–Trinajstić information content (AvgIpc) is 3.13. The highest BCUT2D eigenvalue weighted by atomic mass is 32.2. The van der Waals surface area contributed by atoms with Crippen molar-refractivity contribution < 1.29 is 13.2 Å². The Morgan fingerprint density at radius 2 is 2.25 bits per heavy atom. The van der Waals surface area contributed by atoms with Crippen LogP contribution in [0.3, 0.4) is 0 Å². The summed E-state index contributed by atoms with van der Waals surface area (Å²) in [5.74, 6) is 0. The van der Waals surface area contributed by atoms with E-state index < -0.39 is 9.84 Å². The minimum absolute atomic E-state index is 0.220. The molecular weight excluding hydrogens is 274 g/mol. The van der Waals surface area contributed by atoms with Crippen LogP contribution in [0.5, 0.6) is 0 Å². The van der Waals surface area contributed by atoms with E-state index in [4.69, 9.17) is 4.74 Å². The lowest BCUT2D eigenvalue weighted by Gasteiger charge is -2.28. The maximum atomic E-state index is 11.7. The number of likely N-dealkylation sites (tertiary alicyclic amines) is 1. The van der Waals surface area contributed by atoms with Crippen LogP contribution in [0.4, 0.5) is 0 Å². The van der Waals surface area contributed by atoms with E-state index in [0.717, 1.165) is 38.0 Å². The van der Waals surface area contributed by atoms with Gasteiger partial charge in [0.25, 0.3) is 0 Å². The number of sulfone groups is 1. The van der Waals surface area contributed by atoms with E-state index in [-0.39, 0.29) is 11.7 Å². The second-order valence-corrected chi connectivity index (χ2v) is 7.86. The molecule has 0 saturated carbocycles. The van der Waals surface area contributed by atoms with Gasteiger partial charge < -0.3 is 9.64 Å². The van der Waals surface area contributed by atoms with E-state index in [1.165, 1.54) is 6.26 Å². The van der Waals surface area contributed by atoms with Gasteiger partial charge in [0.1, 0.15) is 11.7 Å². The molecule has 0 amide bonds. The molecule has 2 aliphatic heterocycles. The van der Waals surface area contributed by atoms with Crippen molar-refractivity contribution in [1.82, 2.24) is 4.90 Å². The zero-order valence-corrected chi connectivity index (χ0v) is 12.8. The third-order valence-electron chi connectivity index (χ3n) is 4.33. The first-order valence-electron chi connectivity index (χ1n) is 7.16. The number of ether oxygens (including phenoxy) is 1. The van der Waals surface area contributed by atoms with Crippen LogP contribution in [-0.2, 0) is 20.2 Å². The van der Waals surface area contributed by atoms with E-state index in [9.17, 15) is 8.42 Å². The number of rotatable bonds is 4. The van der Waals surface area contributed by atoms with Gasteiger partial charge in [-0.05, 0) is 37.1 Å². The zero-order chi connectivity index (χ0) is 14.4. The molecular formula is C15H21NO3S. The highest BCUT2D eigenvalue weighted by Crippen LogP contribution is 2.52. The number of nitrogens with zero attached hydrogens (tertiary/aromatic N) is 1. The lowest BCUT2D eigenvalue weighted by molar-refractivity contribution is 0.225. The molecule has 1 aromatic carbocycles. The smallest absolute Gasteiger partial charge is 0.175 e. The molecule has 2 aliphatic rings. The number of piperidine rings is 1. The second-order valence-electron chi connectivity index (χ2n) is 5.85. The minimum Gasteiger partial charge on any atom is -0.360 e. The Kier molecular flexibility index (Phi) is 3.39. The Labute approximate surface area is 120 Å². The monoisotopic (exact) mass is 295 g/mol. The van der Waals surface area contributed by atoms with Crippen molar-refractivity contribution in [3.8, 4) is 0 Å². The van der Waals surface area contributed by atoms with Crippen LogP contribution in [0, 0.1) is 0 Å². The summed E-state index contributed by atoms with van der Waals surface area (Å²) < 4.78 is 29.3. The molecule has 2 fully saturated rings. The second kappa shape index (κ2) is 4.83. The normalized spacial score (nSPS) is 30.0. The quantitative estimate of drug-likeness (QED) is 0.795. The Balaban J connectivity index is 1.82. The Morgan fingerprint density at radius 1 is 1.45 bits per heavy atom. The van der Waals surface area contributed by atoms with Crippen LogP contribution >= 0.6 is 0 Å². The first-order valence-corrected chi connectivity index (χ1v) is 9.05. The molecule has 1 unspecified atom stereocenters. The molecule has 0 aliphatic carbocycles. The number of hydrogen-bond donors (Lipinski definition) is 0. The number of fused-ring (bicyclic) bond motifs is 1. The fraction of sp³-hybridized carbons (Fsp3) is 0.600. The Hall–Kier alpha value is -0.910. The number of epoxide rings is 1. The van der Waals surface area contributed by atoms with Gasteiger partial charge in [-0.3, -0.25) is 0 Å². The van der Waals surface area contributed by atoms with Crippen LogP contribution in [0.1, 0.15) is 25.3 Å². The lowest BCUT2D eigenvalue weighted by atomic mass is 9.89. The highest BCUT2D eigenvalue weighted by molar-refractivity contribution is 7.90. The summed E-state index contributed by atoms with van der Waals surface area (Å²) in [4.78, 5) is 2.81. The van der Waals surface area contributed by atoms with Gasteiger partial charge in [0.15, 0.2) is 9.84 Å². The summed E-state index contributed by atoms with van der Waals surface area (Å²) in [7, 11) is -3.16. The number of benzene rings is 1. The van der Waals surface area contributed by atoms with Gasteiger partial charge in [0.05, 0.1) is 4.90 Å². The van der Waals surface area contributed by atoms with E-state index in [2.05, 4.69) is 11.8 Å². The molecule has 1 aromatic rings. The lowest BCUT2D eigenvalue weighted by Crippen LogP contribution is -2.38. The molecule has 20 heavy (non-hydrogen) atoms. The molecule has 3 rings (SSSR count). The largest absolute Gasteiger partial charge is 0.360 e. The summed E-state index contributed by atoms with van der Waals surface area (Å²) in [6.07, 6.45) is 3.57. The van der Waals surface area contributed by atoms with Crippen molar-refractivity contribution in [1.29, 1.82) is 0 Å².